The molecule has 30 heavy (non-hydrogen) atoms. The molecule has 0 bridgehead atoms. The number of β-amino-alcohol motifs (C(OH)–C–C–N with tert-alkyl or cyclic N) is 1. The molecular formula is C21H27ClN4O4. The van der Waals surface area contributed by atoms with Gasteiger partial charge in [0.05, 0.1) is 24.9 Å². The van der Waals surface area contributed by atoms with Crippen LogP contribution in [0.3, 0.4) is 0 Å². The molecule has 1 aliphatic rings. The van der Waals surface area contributed by atoms with Gasteiger partial charge in [0.15, 0.2) is 0 Å². The number of likely N-dealkylation sites (tertiary alicyclic amines) is 1. The number of hydrogen-bond acceptors (Lipinski definition) is 6. The van der Waals surface area contributed by atoms with Gasteiger partial charge in [-0.1, -0.05) is 42.5 Å². The third-order valence-electron chi connectivity index (χ3n) is 5.05. The Bertz CT molecular complexity index is 861. The summed E-state index contributed by atoms with van der Waals surface area (Å²) in [5, 5.41) is 21.6. The summed E-state index contributed by atoms with van der Waals surface area (Å²) < 4.78 is 7.36. The summed E-state index contributed by atoms with van der Waals surface area (Å²) in [4.78, 5) is 16.1. The van der Waals surface area contributed by atoms with Crippen molar-refractivity contribution >= 4 is 23.5 Å². The van der Waals surface area contributed by atoms with Crippen LogP contribution in [0.15, 0.2) is 42.6 Å². The van der Waals surface area contributed by atoms with Crippen molar-refractivity contribution in [1.29, 1.82) is 0 Å². The number of imidazole rings is 1. The minimum Gasteiger partial charge on any atom is -0.387 e. The average molecular weight is 435 g/mol. The highest BCUT2D eigenvalue weighted by Gasteiger charge is 2.30. The van der Waals surface area contributed by atoms with Crippen LogP contribution in [-0.2, 0) is 11.3 Å². The van der Waals surface area contributed by atoms with E-state index in [1.165, 1.54) is 10.8 Å². The van der Waals surface area contributed by atoms with E-state index in [4.69, 9.17) is 16.3 Å². The van der Waals surface area contributed by atoms with Crippen molar-refractivity contribution in [2.24, 2.45) is 0 Å². The summed E-state index contributed by atoms with van der Waals surface area (Å²) in [5.41, 5.74) is 0.0612. The number of nitrogens with zero attached hydrogens (tertiary/aromatic N) is 4. The molecule has 2 aromatic rings. The zero-order valence-electron chi connectivity index (χ0n) is 17.0. The summed E-state index contributed by atoms with van der Waals surface area (Å²) >= 11 is 5.96. The molecule has 9 heteroatoms. The highest BCUT2D eigenvalue weighted by Crippen LogP contribution is 2.21. The molecule has 1 N–H and O–H groups in total. The van der Waals surface area contributed by atoms with Crippen LogP contribution in [-0.4, -0.2) is 62.4 Å². The second kappa shape index (κ2) is 10.2. The van der Waals surface area contributed by atoms with Crippen LogP contribution in [0.1, 0.15) is 25.3 Å². The van der Waals surface area contributed by atoms with Crippen molar-refractivity contribution in [3.63, 3.8) is 0 Å². The van der Waals surface area contributed by atoms with Crippen LogP contribution in [0.5, 0.6) is 0 Å². The summed E-state index contributed by atoms with van der Waals surface area (Å²) in [6, 6.07) is 10.1. The monoisotopic (exact) mass is 434 g/mol. The van der Waals surface area contributed by atoms with Crippen molar-refractivity contribution < 1.29 is 14.8 Å². The lowest BCUT2D eigenvalue weighted by atomic mass is 10.0. The van der Waals surface area contributed by atoms with Crippen molar-refractivity contribution in [1.82, 2.24) is 14.5 Å². The molecule has 2 heterocycles. The zero-order valence-corrected chi connectivity index (χ0v) is 17.7. The van der Waals surface area contributed by atoms with Gasteiger partial charge in [-0.15, -0.1) is 0 Å². The maximum atomic E-state index is 10.8. The Balaban J connectivity index is 1.41. The molecule has 1 saturated heterocycles. The minimum absolute atomic E-state index is 0.00218. The Labute approximate surface area is 180 Å². The normalized spacial score (nSPS) is 18.0. The van der Waals surface area contributed by atoms with Gasteiger partial charge in [0.2, 0.25) is 0 Å². The van der Waals surface area contributed by atoms with E-state index in [2.05, 4.69) is 28.1 Å². The lowest BCUT2D eigenvalue weighted by molar-refractivity contribution is -0.389. The average Bonchev–Trinajstić information content (AvgIpc) is 3.07. The van der Waals surface area contributed by atoms with E-state index in [0.29, 0.717) is 13.2 Å². The van der Waals surface area contributed by atoms with Gasteiger partial charge in [-0.2, -0.15) is 0 Å². The number of nitro groups is 1. The smallest absolute Gasteiger partial charge is 0.383 e. The number of halogens is 1. The Hall–Kier alpha value is -2.26. The van der Waals surface area contributed by atoms with E-state index in [0.717, 1.165) is 31.5 Å². The molecule has 8 nitrogen and oxygen atoms in total. The lowest BCUT2D eigenvalue weighted by Gasteiger charge is -2.36. The summed E-state index contributed by atoms with van der Waals surface area (Å²) in [6.45, 7) is 4.49. The Kier molecular flexibility index (Phi) is 7.60. The largest absolute Gasteiger partial charge is 0.387 e. The molecule has 1 unspecified atom stereocenters. The van der Waals surface area contributed by atoms with Gasteiger partial charge < -0.3 is 24.9 Å². The minimum atomic E-state index is -1.09. The molecule has 1 fully saturated rings. The molecule has 0 aliphatic carbocycles. The molecule has 0 spiro atoms. The van der Waals surface area contributed by atoms with E-state index >= 15 is 0 Å². The van der Waals surface area contributed by atoms with Gasteiger partial charge in [0.25, 0.3) is 0 Å². The Morgan fingerprint density at radius 1 is 1.33 bits per heavy atom. The molecule has 1 aromatic heterocycles. The first kappa shape index (κ1) is 22.4. The van der Waals surface area contributed by atoms with E-state index < -0.39 is 10.5 Å². The molecule has 1 aromatic carbocycles. The lowest BCUT2D eigenvalue weighted by Crippen LogP contribution is -2.47. The first-order chi connectivity index (χ1) is 14.3. The number of hydrogen-bond donors (Lipinski definition) is 1. The summed E-state index contributed by atoms with van der Waals surface area (Å²) in [5.74, 6) is -0.324. The van der Waals surface area contributed by atoms with Crippen molar-refractivity contribution in [3.05, 3.63) is 63.6 Å². The highest BCUT2D eigenvalue weighted by atomic mass is 35.5. The van der Waals surface area contributed by atoms with Crippen molar-refractivity contribution in [2.45, 2.75) is 38.0 Å². The molecular weight excluding hydrogens is 408 g/mol. The van der Waals surface area contributed by atoms with Gasteiger partial charge in [0, 0.05) is 19.6 Å². The molecule has 0 radical (unpaired) electrons. The molecule has 0 amide bonds. The third-order valence-corrected chi connectivity index (χ3v) is 5.35. The third kappa shape index (κ3) is 6.63. The standard InChI is InChI=1S/C21H27ClN4O4/c1-21(27,16-25-14-19(26(28)29)23-20(25)22)15-24-11-9-18(10-12-24)30-13-5-8-17-6-3-2-4-7-17/h2-8,14,18,27H,9-13,15-16H2,1H3. The quantitative estimate of drug-likeness (QED) is 0.480. The van der Waals surface area contributed by atoms with Crippen molar-refractivity contribution in [2.75, 3.05) is 26.2 Å². The van der Waals surface area contributed by atoms with E-state index in [9.17, 15) is 15.2 Å². The number of aromatic nitrogens is 2. The van der Waals surface area contributed by atoms with Crippen LogP contribution in [0.4, 0.5) is 5.82 Å². The highest BCUT2D eigenvalue weighted by molar-refractivity contribution is 6.28. The number of ether oxygens (including phenoxy) is 1. The fraction of sp³-hybridized carbons (Fsp3) is 0.476. The van der Waals surface area contributed by atoms with Crippen LogP contribution in [0.25, 0.3) is 6.08 Å². The van der Waals surface area contributed by atoms with Gasteiger partial charge >= 0.3 is 11.1 Å². The summed E-state index contributed by atoms with van der Waals surface area (Å²) in [7, 11) is 0. The maximum Gasteiger partial charge on any atom is 0.383 e. The van der Waals surface area contributed by atoms with Crippen LogP contribution in [0, 0.1) is 10.1 Å². The maximum absolute atomic E-state index is 10.8. The summed E-state index contributed by atoms with van der Waals surface area (Å²) in [6.07, 6.45) is 7.33. The predicted molar refractivity (Wildman–Crippen MR) is 115 cm³/mol. The fourth-order valence-corrected chi connectivity index (χ4v) is 3.85. The number of rotatable bonds is 9. The van der Waals surface area contributed by atoms with Gasteiger partial charge in [-0.05, 0) is 46.8 Å². The fourth-order valence-electron chi connectivity index (χ4n) is 3.65. The Morgan fingerprint density at radius 3 is 2.67 bits per heavy atom. The molecule has 1 aliphatic heterocycles. The van der Waals surface area contributed by atoms with Gasteiger partial charge in [-0.25, -0.2) is 0 Å². The second-order valence-corrected chi connectivity index (χ2v) is 8.21. The van der Waals surface area contributed by atoms with E-state index in [1.807, 2.05) is 24.3 Å². The number of aliphatic hydroxyl groups is 1. The van der Waals surface area contributed by atoms with Crippen LogP contribution < -0.4 is 0 Å². The molecule has 162 valence electrons. The second-order valence-electron chi connectivity index (χ2n) is 7.87. The zero-order chi connectivity index (χ0) is 21.6. The molecule has 1 atom stereocenters. The van der Waals surface area contributed by atoms with Gasteiger partial charge in [-0.3, -0.25) is 4.57 Å². The van der Waals surface area contributed by atoms with Crippen LogP contribution >= 0.6 is 11.6 Å². The SMILES string of the molecule is CC(O)(CN1CCC(OCC=Cc2ccccc2)CC1)Cn1cc([N+](=O)[O-])nc1Cl. The first-order valence-corrected chi connectivity index (χ1v) is 10.4. The van der Waals surface area contributed by atoms with E-state index in [1.54, 1.807) is 6.92 Å². The predicted octanol–water partition coefficient (Wildman–Crippen LogP) is 3.39. The van der Waals surface area contributed by atoms with Gasteiger partial charge in [0.1, 0.15) is 6.20 Å². The topological polar surface area (TPSA) is 93.7 Å². The number of piperidine rings is 1. The van der Waals surface area contributed by atoms with Crippen molar-refractivity contribution in [3.8, 4) is 0 Å². The Morgan fingerprint density at radius 2 is 2.03 bits per heavy atom. The van der Waals surface area contributed by atoms with E-state index in [-0.39, 0.29) is 23.8 Å². The number of benzene rings is 1. The van der Waals surface area contributed by atoms with Crippen LogP contribution in [0.2, 0.25) is 5.28 Å². The molecule has 3 rings (SSSR count). The molecule has 0 saturated carbocycles. The first-order valence-electron chi connectivity index (χ1n) is 9.97.